The fourth-order valence-electron chi connectivity index (χ4n) is 3.32. The van der Waals surface area contributed by atoms with Gasteiger partial charge in [-0.25, -0.2) is 0 Å². The highest BCUT2D eigenvalue weighted by atomic mass is 16.5. The van der Waals surface area contributed by atoms with Crippen molar-refractivity contribution < 1.29 is 14.3 Å². The average Bonchev–Trinajstić information content (AvgIpc) is 2.65. The van der Waals surface area contributed by atoms with Gasteiger partial charge in [-0.1, -0.05) is 38.3 Å². The van der Waals surface area contributed by atoms with Crippen LogP contribution in [0.15, 0.2) is 24.3 Å². The molecule has 0 heterocycles. The lowest BCUT2D eigenvalue weighted by Gasteiger charge is -2.31. The monoisotopic (exact) mass is 346 g/mol. The fourth-order valence-corrected chi connectivity index (χ4v) is 3.32. The van der Waals surface area contributed by atoms with Crippen LogP contribution in [0.4, 0.5) is 0 Å². The van der Waals surface area contributed by atoms with Crippen molar-refractivity contribution in [2.24, 2.45) is 0 Å². The van der Waals surface area contributed by atoms with Crippen molar-refractivity contribution in [1.82, 2.24) is 10.2 Å². The number of benzene rings is 1. The van der Waals surface area contributed by atoms with Crippen LogP contribution in [-0.4, -0.2) is 35.9 Å². The molecule has 5 heteroatoms. The summed E-state index contributed by atoms with van der Waals surface area (Å²) in [5, 5.41) is 3.13. The van der Waals surface area contributed by atoms with Crippen LogP contribution in [0.3, 0.4) is 0 Å². The fraction of sp³-hybridized carbons (Fsp3) is 0.600. The molecule has 0 saturated heterocycles. The summed E-state index contributed by atoms with van der Waals surface area (Å²) in [5.74, 6) is 0.673. The number of ether oxygens (including phenoxy) is 1. The van der Waals surface area contributed by atoms with Crippen LogP contribution in [0.5, 0.6) is 5.75 Å². The molecule has 1 fully saturated rings. The van der Waals surface area contributed by atoms with Gasteiger partial charge in [-0.15, -0.1) is 0 Å². The quantitative estimate of drug-likeness (QED) is 0.824. The van der Waals surface area contributed by atoms with Crippen molar-refractivity contribution in [3.05, 3.63) is 29.8 Å². The Morgan fingerprint density at radius 2 is 2.00 bits per heavy atom. The number of carbonyl (C=O) groups excluding carboxylic acids is 2. The zero-order valence-electron chi connectivity index (χ0n) is 15.6. The number of rotatable bonds is 7. The molecule has 0 aliphatic heterocycles. The molecule has 1 aromatic carbocycles. The van der Waals surface area contributed by atoms with Gasteiger partial charge in [0.05, 0.1) is 7.11 Å². The molecule has 0 bridgehead atoms. The van der Waals surface area contributed by atoms with Crippen molar-refractivity contribution in [3.8, 4) is 5.75 Å². The topological polar surface area (TPSA) is 58.6 Å². The number of amides is 2. The molecule has 2 rings (SSSR count). The van der Waals surface area contributed by atoms with Crippen molar-refractivity contribution >= 4 is 11.8 Å². The van der Waals surface area contributed by atoms with E-state index in [0.29, 0.717) is 13.0 Å². The smallest absolute Gasteiger partial charge is 0.242 e. The zero-order chi connectivity index (χ0) is 18.2. The van der Waals surface area contributed by atoms with Gasteiger partial charge in [0, 0.05) is 19.0 Å². The van der Waals surface area contributed by atoms with Gasteiger partial charge in [-0.05, 0) is 37.5 Å². The maximum Gasteiger partial charge on any atom is 0.242 e. The molecule has 1 saturated carbocycles. The molecule has 1 aromatic rings. The molecule has 1 aliphatic rings. The Labute approximate surface area is 150 Å². The first-order valence-corrected chi connectivity index (χ1v) is 9.28. The average molecular weight is 346 g/mol. The molecule has 2 amide bonds. The van der Waals surface area contributed by atoms with Gasteiger partial charge in [-0.2, -0.15) is 0 Å². The Morgan fingerprint density at radius 1 is 1.28 bits per heavy atom. The Balaban J connectivity index is 2.06. The first-order chi connectivity index (χ1) is 12.0. The van der Waals surface area contributed by atoms with E-state index in [1.54, 1.807) is 12.0 Å². The molecule has 1 N–H and O–H groups in total. The Kier molecular flexibility index (Phi) is 7.29. The molecule has 25 heavy (non-hydrogen) atoms. The second-order valence-corrected chi connectivity index (χ2v) is 6.75. The van der Waals surface area contributed by atoms with Crippen LogP contribution < -0.4 is 10.1 Å². The van der Waals surface area contributed by atoms with Crippen molar-refractivity contribution in [2.45, 2.75) is 71.0 Å². The highest BCUT2D eigenvalue weighted by Gasteiger charge is 2.27. The number of hydrogen-bond acceptors (Lipinski definition) is 3. The number of carbonyl (C=O) groups is 2. The third kappa shape index (κ3) is 5.48. The van der Waals surface area contributed by atoms with Crippen molar-refractivity contribution in [1.29, 1.82) is 0 Å². The Hall–Kier alpha value is -2.04. The molecule has 0 spiro atoms. The summed E-state index contributed by atoms with van der Waals surface area (Å²) in [4.78, 5) is 26.7. The van der Waals surface area contributed by atoms with Gasteiger partial charge in [0.2, 0.25) is 11.8 Å². The molecule has 138 valence electrons. The zero-order valence-corrected chi connectivity index (χ0v) is 15.6. The summed E-state index contributed by atoms with van der Waals surface area (Å²) < 4.78 is 5.25. The molecule has 0 aromatic heterocycles. The van der Waals surface area contributed by atoms with Gasteiger partial charge < -0.3 is 15.0 Å². The third-order valence-corrected chi connectivity index (χ3v) is 4.91. The minimum atomic E-state index is -0.486. The SMILES string of the molecule is CCC(=O)N(Cc1cccc(OC)c1)[C@@H](C)C(=O)NC1CCCCC1. The van der Waals surface area contributed by atoms with Crippen LogP contribution in [0.25, 0.3) is 0 Å². The predicted molar refractivity (Wildman–Crippen MR) is 98.3 cm³/mol. The van der Waals surface area contributed by atoms with Gasteiger partial charge in [0.15, 0.2) is 0 Å². The van der Waals surface area contributed by atoms with E-state index in [1.807, 2.05) is 38.1 Å². The van der Waals surface area contributed by atoms with Gasteiger partial charge >= 0.3 is 0 Å². The molecule has 0 unspecified atom stereocenters. The second kappa shape index (κ2) is 9.44. The molecule has 1 atom stereocenters. The largest absolute Gasteiger partial charge is 0.497 e. The van der Waals surface area contributed by atoms with Crippen LogP contribution in [0, 0.1) is 0 Å². The summed E-state index contributed by atoms with van der Waals surface area (Å²) in [6, 6.07) is 7.38. The predicted octanol–water partition coefficient (Wildman–Crippen LogP) is 3.27. The van der Waals surface area contributed by atoms with E-state index in [0.717, 1.165) is 24.2 Å². The Bertz CT molecular complexity index is 582. The molecular formula is C20H30N2O3. The number of nitrogens with one attached hydrogen (secondary N) is 1. The van der Waals surface area contributed by atoms with Crippen molar-refractivity contribution in [2.75, 3.05) is 7.11 Å². The van der Waals surface area contributed by atoms with E-state index < -0.39 is 6.04 Å². The maximum absolute atomic E-state index is 12.7. The number of hydrogen-bond donors (Lipinski definition) is 1. The minimum absolute atomic E-state index is 0.0193. The summed E-state index contributed by atoms with van der Waals surface area (Å²) in [6.45, 7) is 4.04. The Morgan fingerprint density at radius 3 is 2.64 bits per heavy atom. The summed E-state index contributed by atoms with van der Waals surface area (Å²) in [6.07, 6.45) is 6.04. The number of nitrogens with zero attached hydrogens (tertiary/aromatic N) is 1. The van der Waals surface area contributed by atoms with E-state index in [2.05, 4.69) is 5.32 Å². The van der Waals surface area contributed by atoms with E-state index >= 15 is 0 Å². The normalized spacial score (nSPS) is 16.1. The van der Waals surface area contributed by atoms with Crippen LogP contribution >= 0.6 is 0 Å². The molecule has 0 radical (unpaired) electrons. The highest BCUT2D eigenvalue weighted by molar-refractivity contribution is 5.87. The van der Waals surface area contributed by atoms with E-state index in [4.69, 9.17) is 4.74 Å². The van der Waals surface area contributed by atoms with E-state index in [9.17, 15) is 9.59 Å². The lowest BCUT2D eigenvalue weighted by atomic mass is 9.95. The van der Waals surface area contributed by atoms with E-state index in [-0.39, 0.29) is 17.9 Å². The third-order valence-electron chi connectivity index (χ3n) is 4.91. The van der Waals surface area contributed by atoms with Crippen LogP contribution in [0.1, 0.15) is 57.9 Å². The lowest BCUT2D eigenvalue weighted by molar-refractivity contribution is -0.140. The minimum Gasteiger partial charge on any atom is -0.497 e. The summed E-state index contributed by atoms with van der Waals surface area (Å²) in [7, 11) is 1.62. The van der Waals surface area contributed by atoms with Gasteiger partial charge in [0.25, 0.3) is 0 Å². The standard InChI is InChI=1S/C20H30N2O3/c1-4-19(23)22(14-16-9-8-12-18(13-16)25-3)15(2)20(24)21-17-10-6-5-7-11-17/h8-9,12-13,15,17H,4-7,10-11,14H2,1-3H3,(H,21,24)/t15-/m0/s1. The van der Waals surface area contributed by atoms with Gasteiger partial charge in [0.1, 0.15) is 11.8 Å². The first kappa shape index (κ1) is 19.3. The molecular weight excluding hydrogens is 316 g/mol. The van der Waals surface area contributed by atoms with Crippen molar-refractivity contribution in [3.63, 3.8) is 0 Å². The second-order valence-electron chi connectivity index (χ2n) is 6.75. The van der Waals surface area contributed by atoms with E-state index in [1.165, 1.54) is 19.3 Å². The number of methoxy groups -OCH3 is 1. The molecule has 1 aliphatic carbocycles. The summed E-state index contributed by atoms with van der Waals surface area (Å²) >= 11 is 0. The van der Waals surface area contributed by atoms with Gasteiger partial charge in [-0.3, -0.25) is 9.59 Å². The van der Waals surface area contributed by atoms with Crippen LogP contribution in [0.2, 0.25) is 0 Å². The van der Waals surface area contributed by atoms with Crippen LogP contribution in [-0.2, 0) is 16.1 Å². The molecule has 5 nitrogen and oxygen atoms in total. The lowest BCUT2D eigenvalue weighted by Crippen LogP contribution is -2.50. The highest BCUT2D eigenvalue weighted by Crippen LogP contribution is 2.19. The maximum atomic E-state index is 12.7. The summed E-state index contributed by atoms with van der Waals surface area (Å²) in [5.41, 5.74) is 0.957. The first-order valence-electron chi connectivity index (χ1n) is 9.28.